The maximum absolute atomic E-state index is 13.4. The number of furan rings is 1. The van der Waals surface area contributed by atoms with Crippen LogP contribution in [0.4, 0.5) is 10.1 Å². The monoisotopic (exact) mass is 347 g/mol. The van der Waals surface area contributed by atoms with Crippen molar-refractivity contribution in [1.82, 2.24) is 9.97 Å². The summed E-state index contributed by atoms with van der Waals surface area (Å²) in [4.78, 5) is 7.62. The Labute approximate surface area is 150 Å². The van der Waals surface area contributed by atoms with Gasteiger partial charge in [0.15, 0.2) is 0 Å². The van der Waals surface area contributed by atoms with Crippen LogP contribution >= 0.6 is 0 Å². The number of anilines is 1. The smallest absolute Gasteiger partial charge is 0.146 e. The molecule has 0 amide bonds. The van der Waals surface area contributed by atoms with Crippen LogP contribution in [0.25, 0.3) is 33.7 Å². The van der Waals surface area contributed by atoms with E-state index < -0.39 is 0 Å². The average Bonchev–Trinajstić information content (AvgIpc) is 3.23. The molecule has 130 valence electrons. The number of rotatable bonds is 2. The lowest BCUT2D eigenvalue weighted by molar-refractivity contribution is 0.623. The lowest BCUT2D eigenvalue weighted by Gasteiger charge is -2.07. The average molecular weight is 347 g/mol. The Bertz CT molecular complexity index is 1070. The summed E-state index contributed by atoms with van der Waals surface area (Å²) >= 11 is 0. The van der Waals surface area contributed by atoms with Crippen LogP contribution in [0.2, 0.25) is 0 Å². The predicted octanol–water partition coefficient (Wildman–Crippen LogP) is 5.38. The number of nitrogens with one attached hydrogen (secondary N) is 2. The summed E-state index contributed by atoms with van der Waals surface area (Å²) < 4.78 is 19.6. The van der Waals surface area contributed by atoms with Crippen molar-refractivity contribution in [3.63, 3.8) is 0 Å². The van der Waals surface area contributed by atoms with Gasteiger partial charge in [-0.15, -0.1) is 0 Å². The lowest BCUT2D eigenvalue weighted by Crippen LogP contribution is -1.99. The summed E-state index contributed by atoms with van der Waals surface area (Å²) in [6.45, 7) is 0.981. The molecule has 0 radical (unpaired) electrons. The van der Waals surface area contributed by atoms with E-state index in [0.29, 0.717) is 5.76 Å². The third-order valence-corrected chi connectivity index (χ3v) is 4.94. The molecule has 0 fully saturated rings. The molecule has 26 heavy (non-hydrogen) atoms. The Morgan fingerprint density at radius 3 is 2.77 bits per heavy atom. The van der Waals surface area contributed by atoms with Crippen molar-refractivity contribution in [3.05, 3.63) is 60.2 Å². The minimum absolute atomic E-state index is 0.264. The van der Waals surface area contributed by atoms with Crippen molar-refractivity contribution in [2.75, 3.05) is 11.9 Å². The highest BCUT2D eigenvalue weighted by Gasteiger charge is 2.21. The van der Waals surface area contributed by atoms with Crippen LogP contribution in [0.3, 0.4) is 0 Å². The molecule has 0 bridgehead atoms. The highest BCUT2D eigenvalue weighted by molar-refractivity contribution is 6.01. The van der Waals surface area contributed by atoms with Gasteiger partial charge >= 0.3 is 0 Å². The number of aromatic nitrogens is 2. The molecule has 5 rings (SSSR count). The lowest BCUT2D eigenvalue weighted by atomic mass is 10.0. The third kappa shape index (κ3) is 2.47. The van der Waals surface area contributed by atoms with E-state index in [1.54, 1.807) is 24.5 Å². The number of aryl methyl sites for hydroxylation is 1. The number of fused-ring (bicyclic) bond motifs is 2. The molecule has 1 aliphatic rings. The van der Waals surface area contributed by atoms with Gasteiger partial charge in [0, 0.05) is 41.6 Å². The molecule has 3 heterocycles. The molecule has 0 saturated carbocycles. The maximum atomic E-state index is 13.4. The topological polar surface area (TPSA) is 53.9 Å². The molecule has 4 nitrogen and oxygen atoms in total. The molecule has 2 aromatic heterocycles. The van der Waals surface area contributed by atoms with Gasteiger partial charge in [-0.3, -0.25) is 0 Å². The number of benzene rings is 2. The number of H-pyrrole nitrogens is 1. The number of imidazole rings is 1. The van der Waals surface area contributed by atoms with Gasteiger partial charge in [-0.25, -0.2) is 9.37 Å². The van der Waals surface area contributed by atoms with E-state index in [9.17, 15) is 4.39 Å². The molecule has 2 N–H and O–H groups in total. The maximum Gasteiger partial charge on any atom is 0.146 e. The zero-order chi connectivity index (χ0) is 17.5. The van der Waals surface area contributed by atoms with E-state index in [0.717, 1.165) is 46.6 Å². The van der Waals surface area contributed by atoms with Gasteiger partial charge < -0.3 is 14.7 Å². The normalized spacial score (nSPS) is 14.0. The summed E-state index contributed by atoms with van der Waals surface area (Å²) in [6, 6.07) is 10.7. The molecule has 2 aromatic carbocycles. The van der Waals surface area contributed by atoms with Crippen LogP contribution in [0.15, 0.2) is 53.2 Å². The van der Waals surface area contributed by atoms with Crippen molar-refractivity contribution in [3.8, 4) is 22.7 Å². The minimum atomic E-state index is -0.264. The van der Waals surface area contributed by atoms with E-state index in [1.165, 1.54) is 30.5 Å². The summed E-state index contributed by atoms with van der Waals surface area (Å²) in [5.41, 5.74) is 5.00. The SMILES string of the molecule is Fc1ccc(-c2oc3cc4c(cc3c2-c2ncc[nH]2)CCCCN4)cc1. The molecular weight excluding hydrogens is 329 g/mol. The number of nitrogens with zero attached hydrogens (tertiary/aromatic N) is 1. The number of hydrogen-bond acceptors (Lipinski definition) is 3. The molecule has 0 atom stereocenters. The molecule has 1 aliphatic heterocycles. The molecule has 0 saturated heterocycles. The van der Waals surface area contributed by atoms with E-state index in [1.807, 2.05) is 0 Å². The van der Waals surface area contributed by atoms with Crippen molar-refractivity contribution in [2.24, 2.45) is 0 Å². The summed E-state index contributed by atoms with van der Waals surface area (Å²) in [7, 11) is 0. The van der Waals surface area contributed by atoms with Gasteiger partial charge in [-0.2, -0.15) is 0 Å². The van der Waals surface area contributed by atoms with Gasteiger partial charge in [-0.1, -0.05) is 0 Å². The van der Waals surface area contributed by atoms with Gasteiger partial charge in [-0.05, 0) is 55.2 Å². The quantitative estimate of drug-likeness (QED) is 0.512. The van der Waals surface area contributed by atoms with Crippen molar-refractivity contribution in [2.45, 2.75) is 19.3 Å². The van der Waals surface area contributed by atoms with Crippen molar-refractivity contribution >= 4 is 16.7 Å². The van der Waals surface area contributed by atoms with E-state index in [4.69, 9.17) is 4.42 Å². The van der Waals surface area contributed by atoms with Gasteiger partial charge in [0.05, 0.1) is 5.56 Å². The van der Waals surface area contributed by atoms with Crippen LogP contribution < -0.4 is 5.32 Å². The highest BCUT2D eigenvalue weighted by atomic mass is 19.1. The second-order valence-corrected chi connectivity index (χ2v) is 6.64. The van der Waals surface area contributed by atoms with Crippen LogP contribution in [0.5, 0.6) is 0 Å². The Hall–Kier alpha value is -3.08. The summed E-state index contributed by atoms with van der Waals surface area (Å²) in [5, 5.41) is 4.52. The van der Waals surface area contributed by atoms with Crippen LogP contribution in [-0.4, -0.2) is 16.5 Å². The number of aromatic amines is 1. The second-order valence-electron chi connectivity index (χ2n) is 6.64. The molecule has 0 spiro atoms. The van der Waals surface area contributed by atoms with Crippen LogP contribution in [-0.2, 0) is 6.42 Å². The standard InChI is InChI=1S/C21H18FN3O/c22-15-6-4-13(5-7-15)20-19(21-24-9-10-25-21)16-11-14-3-1-2-8-23-17(14)12-18(16)26-20/h4-7,9-12,23H,1-3,8H2,(H,24,25). The van der Waals surface area contributed by atoms with E-state index >= 15 is 0 Å². The Morgan fingerprint density at radius 2 is 1.96 bits per heavy atom. The predicted molar refractivity (Wildman–Crippen MR) is 101 cm³/mol. The summed E-state index contributed by atoms with van der Waals surface area (Å²) in [5.74, 6) is 1.19. The van der Waals surface area contributed by atoms with Gasteiger partial charge in [0.1, 0.15) is 23.0 Å². The minimum Gasteiger partial charge on any atom is -0.455 e. The van der Waals surface area contributed by atoms with E-state index in [2.05, 4.69) is 27.4 Å². The largest absolute Gasteiger partial charge is 0.455 e. The third-order valence-electron chi connectivity index (χ3n) is 4.94. The first-order chi connectivity index (χ1) is 12.8. The van der Waals surface area contributed by atoms with Crippen LogP contribution in [0, 0.1) is 5.82 Å². The molecule has 5 heteroatoms. The Balaban J connectivity index is 1.78. The molecule has 4 aromatic rings. The number of halogens is 1. The zero-order valence-electron chi connectivity index (χ0n) is 14.2. The van der Waals surface area contributed by atoms with Gasteiger partial charge in [0.2, 0.25) is 0 Å². The fourth-order valence-electron chi connectivity index (χ4n) is 3.66. The zero-order valence-corrected chi connectivity index (χ0v) is 14.2. The number of hydrogen-bond donors (Lipinski definition) is 2. The highest BCUT2D eigenvalue weighted by Crippen LogP contribution is 2.41. The molecule has 0 unspecified atom stereocenters. The van der Waals surface area contributed by atoms with Gasteiger partial charge in [0.25, 0.3) is 0 Å². The molecule has 0 aliphatic carbocycles. The first-order valence-corrected chi connectivity index (χ1v) is 8.88. The summed E-state index contributed by atoms with van der Waals surface area (Å²) in [6.07, 6.45) is 6.92. The first-order valence-electron chi connectivity index (χ1n) is 8.88. The van der Waals surface area contributed by atoms with E-state index in [-0.39, 0.29) is 5.82 Å². The fourth-order valence-corrected chi connectivity index (χ4v) is 3.66. The molecular formula is C21H18FN3O. The second kappa shape index (κ2) is 6.02. The Kier molecular flexibility index (Phi) is 3.52. The fraction of sp³-hybridized carbons (Fsp3) is 0.190. The van der Waals surface area contributed by atoms with Crippen molar-refractivity contribution in [1.29, 1.82) is 0 Å². The first kappa shape index (κ1) is 15.2. The Morgan fingerprint density at radius 1 is 1.08 bits per heavy atom. The van der Waals surface area contributed by atoms with Crippen molar-refractivity contribution < 1.29 is 8.81 Å². The van der Waals surface area contributed by atoms with Crippen LogP contribution in [0.1, 0.15) is 18.4 Å².